The van der Waals surface area contributed by atoms with Gasteiger partial charge in [-0.25, -0.2) is 4.98 Å². The molecule has 0 spiro atoms. The van der Waals surface area contributed by atoms with E-state index in [1.807, 2.05) is 12.3 Å². The summed E-state index contributed by atoms with van der Waals surface area (Å²) in [7, 11) is -0.311. The van der Waals surface area contributed by atoms with E-state index >= 15 is 0 Å². The lowest BCUT2D eigenvalue weighted by molar-refractivity contribution is 0.00578. The first kappa shape index (κ1) is 15.8. The summed E-state index contributed by atoms with van der Waals surface area (Å²) in [4.78, 5) is 6.93. The van der Waals surface area contributed by atoms with Crippen LogP contribution in [-0.2, 0) is 9.31 Å². The molecule has 0 radical (unpaired) electrons. The van der Waals surface area contributed by atoms with Crippen LogP contribution in [0, 0.1) is 5.92 Å². The normalized spacial score (nSPS) is 27.2. The molecule has 1 aromatic rings. The SMILES string of the molecule is C[C@H]1CCCN(c2cc(B3OC(C)(C)C(C)(C)O3)ccn2)C1. The van der Waals surface area contributed by atoms with Crippen molar-refractivity contribution in [3.05, 3.63) is 18.3 Å². The molecule has 0 bridgehead atoms. The van der Waals surface area contributed by atoms with E-state index in [1.165, 1.54) is 12.8 Å². The second-order valence-electron chi connectivity index (χ2n) is 7.73. The molecule has 0 aromatic carbocycles. The van der Waals surface area contributed by atoms with Gasteiger partial charge in [-0.3, -0.25) is 0 Å². The number of hydrogen-bond donors (Lipinski definition) is 0. The van der Waals surface area contributed by atoms with Gasteiger partial charge in [-0.05, 0) is 64.1 Å². The molecule has 0 aliphatic carbocycles. The average molecular weight is 302 g/mol. The topological polar surface area (TPSA) is 34.6 Å². The van der Waals surface area contributed by atoms with Crippen molar-refractivity contribution in [3.63, 3.8) is 0 Å². The van der Waals surface area contributed by atoms with E-state index in [0.29, 0.717) is 0 Å². The van der Waals surface area contributed by atoms with E-state index in [9.17, 15) is 0 Å². The van der Waals surface area contributed by atoms with Gasteiger partial charge in [-0.1, -0.05) is 6.92 Å². The smallest absolute Gasteiger partial charge is 0.399 e. The highest BCUT2D eigenvalue weighted by molar-refractivity contribution is 6.62. The highest BCUT2D eigenvalue weighted by atomic mass is 16.7. The van der Waals surface area contributed by atoms with Crippen molar-refractivity contribution in [2.24, 2.45) is 5.92 Å². The zero-order valence-electron chi connectivity index (χ0n) is 14.4. The lowest BCUT2D eigenvalue weighted by Crippen LogP contribution is -2.41. The van der Waals surface area contributed by atoms with Crippen LogP contribution in [0.25, 0.3) is 0 Å². The lowest BCUT2D eigenvalue weighted by Gasteiger charge is -2.32. The van der Waals surface area contributed by atoms with Crippen LogP contribution in [-0.4, -0.2) is 36.4 Å². The lowest BCUT2D eigenvalue weighted by atomic mass is 9.79. The van der Waals surface area contributed by atoms with Gasteiger partial charge >= 0.3 is 7.12 Å². The molecule has 5 heteroatoms. The van der Waals surface area contributed by atoms with Crippen molar-refractivity contribution >= 4 is 18.4 Å². The van der Waals surface area contributed by atoms with E-state index in [4.69, 9.17) is 9.31 Å². The van der Waals surface area contributed by atoms with Gasteiger partial charge in [0.05, 0.1) is 11.2 Å². The van der Waals surface area contributed by atoms with Gasteiger partial charge in [0.1, 0.15) is 5.82 Å². The third-order valence-corrected chi connectivity index (χ3v) is 5.28. The highest BCUT2D eigenvalue weighted by Gasteiger charge is 2.51. The Bertz CT molecular complexity index is 531. The van der Waals surface area contributed by atoms with Crippen LogP contribution in [0.1, 0.15) is 47.5 Å². The van der Waals surface area contributed by atoms with Crippen molar-refractivity contribution in [2.75, 3.05) is 18.0 Å². The fourth-order valence-electron chi connectivity index (χ4n) is 3.13. The number of piperidine rings is 1. The van der Waals surface area contributed by atoms with E-state index in [-0.39, 0.29) is 18.3 Å². The van der Waals surface area contributed by atoms with E-state index in [1.54, 1.807) is 0 Å². The highest BCUT2D eigenvalue weighted by Crippen LogP contribution is 2.36. The monoisotopic (exact) mass is 302 g/mol. The molecule has 22 heavy (non-hydrogen) atoms. The molecule has 0 unspecified atom stereocenters. The Labute approximate surface area is 134 Å². The molecule has 120 valence electrons. The zero-order valence-corrected chi connectivity index (χ0v) is 14.4. The number of pyridine rings is 1. The Morgan fingerprint density at radius 3 is 2.55 bits per heavy atom. The molecule has 3 rings (SSSR count). The van der Waals surface area contributed by atoms with E-state index in [0.717, 1.165) is 30.3 Å². The first-order chi connectivity index (χ1) is 10.3. The van der Waals surface area contributed by atoms with Gasteiger partial charge in [0.25, 0.3) is 0 Å². The molecule has 0 amide bonds. The van der Waals surface area contributed by atoms with Crippen LogP contribution in [0.2, 0.25) is 0 Å². The summed E-state index contributed by atoms with van der Waals surface area (Å²) in [5.74, 6) is 1.77. The van der Waals surface area contributed by atoms with Crippen molar-refractivity contribution in [1.82, 2.24) is 4.98 Å². The predicted molar refractivity (Wildman–Crippen MR) is 90.6 cm³/mol. The predicted octanol–water partition coefficient (Wildman–Crippen LogP) is 2.62. The maximum atomic E-state index is 6.15. The van der Waals surface area contributed by atoms with Crippen molar-refractivity contribution in [3.8, 4) is 0 Å². The molecule has 2 aliphatic heterocycles. The van der Waals surface area contributed by atoms with Crippen molar-refractivity contribution < 1.29 is 9.31 Å². The summed E-state index contributed by atoms with van der Waals surface area (Å²) in [6, 6.07) is 4.12. The molecule has 1 atom stereocenters. The van der Waals surface area contributed by atoms with Crippen LogP contribution in [0.5, 0.6) is 0 Å². The van der Waals surface area contributed by atoms with E-state index in [2.05, 4.69) is 50.6 Å². The van der Waals surface area contributed by atoms with Crippen LogP contribution in [0.4, 0.5) is 5.82 Å². The van der Waals surface area contributed by atoms with Gasteiger partial charge in [-0.2, -0.15) is 0 Å². The maximum Gasteiger partial charge on any atom is 0.495 e. The number of anilines is 1. The van der Waals surface area contributed by atoms with Crippen LogP contribution in [0.3, 0.4) is 0 Å². The fourth-order valence-corrected chi connectivity index (χ4v) is 3.13. The molecule has 1 aromatic heterocycles. The summed E-state index contributed by atoms with van der Waals surface area (Å²) in [5.41, 5.74) is 0.448. The minimum absolute atomic E-state index is 0.305. The molecule has 0 saturated carbocycles. The summed E-state index contributed by atoms with van der Waals surface area (Å²) in [6.07, 6.45) is 4.42. The standard InChI is InChI=1S/C17H27BN2O2/c1-13-7-6-10-20(12-13)15-11-14(8-9-19-15)18-21-16(2,3)17(4,5)22-18/h8-9,11,13H,6-7,10,12H2,1-5H3/t13-/m0/s1. The second-order valence-corrected chi connectivity index (χ2v) is 7.73. The molecule has 2 aliphatic rings. The average Bonchev–Trinajstić information content (AvgIpc) is 2.68. The van der Waals surface area contributed by atoms with Gasteiger partial charge in [-0.15, -0.1) is 0 Å². The minimum atomic E-state index is -0.311. The Balaban J connectivity index is 1.80. The number of hydrogen-bond acceptors (Lipinski definition) is 4. The molecule has 2 fully saturated rings. The van der Waals surface area contributed by atoms with Crippen LogP contribution >= 0.6 is 0 Å². The maximum absolute atomic E-state index is 6.15. The summed E-state index contributed by atoms with van der Waals surface area (Å²) in [6.45, 7) is 12.8. The second kappa shape index (κ2) is 5.53. The number of rotatable bonds is 2. The Hall–Kier alpha value is -1.07. The fraction of sp³-hybridized carbons (Fsp3) is 0.706. The summed E-state index contributed by atoms with van der Waals surface area (Å²) in [5, 5.41) is 0. The van der Waals surface area contributed by atoms with Gasteiger partial charge < -0.3 is 14.2 Å². The first-order valence-corrected chi connectivity index (χ1v) is 8.35. The molecule has 4 nitrogen and oxygen atoms in total. The molecular formula is C17H27BN2O2. The van der Waals surface area contributed by atoms with Crippen molar-refractivity contribution in [1.29, 1.82) is 0 Å². The number of aromatic nitrogens is 1. The Morgan fingerprint density at radius 2 is 1.91 bits per heavy atom. The summed E-state index contributed by atoms with van der Waals surface area (Å²) >= 11 is 0. The largest absolute Gasteiger partial charge is 0.495 e. The molecule has 3 heterocycles. The molecule has 0 N–H and O–H groups in total. The van der Waals surface area contributed by atoms with E-state index < -0.39 is 0 Å². The van der Waals surface area contributed by atoms with Gasteiger partial charge in [0.15, 0.2) is 0 Å². The van der Waals surface area contributed by atoms with Crippen LogP contribution < -0.4 is 10.4 Å². The molecular weight excluding hydrogens is 275 g/mol. The van der Waals surface area contributed by atoms with Crippen molar-refractivity contribution in [2.45, 2.75) is 58.7 Å². The summed E-state index contributed by atoms with van der Waals surface area (Å²) < 4.78 is 12.3. The van der Waals surface area contributed by atoms with Gasteiger partial charge in [0, 0.05) is 19.3 Å². The zero-order chi connectivity index (χ0) is 16.0. The Morgan fingerprint density at radius 1 is 1.23 bits per heavy atom. The Kier molecular flexibility index (Phi) is 3.98. The van der Waals surface area contributed by atoms with Gasteiger partial charge in [0.2, 0.25) is 0 Å². The van der Waals surface area contributed by atoms with Crippen LogP contribution in [0.15, 0.2) is 18.3 Å². The third kappa shape index (κ3) is 2.89. The molecule has 2 saturated heterocycles. The minimum Gasteiger partial charge on any atom is -0.399 e. The first-order valence-electron chi connectivity index (χ1n) is 8.35. The number of nitrogens with zero attached hydrogens (tertiary/aromatic N) is 2. The quantitative estimate of drug-likeness (QED) is 0.787. The third-order valence-electron chi connectivity index (χ3n) is 5.28.